The summed E-state index contributed by atoms with van der Waals surface area (Å²) in [5.41, 5.74) is 6.45. The lowest BCUT2D eigenvalue weighted by atomic mass is 9.94. The Hall–Kier alpha value is -1.09. The van der Waals surface area contributed by atoms with E-state index in [2.05, 4.69) is 13.8 Å². The van der Waals surface area contributed by atoms with Crippen molar-refractivity contribution in [3.63, 3.8) is 0 Å². The van der Waals surface area contributed by atoms with Gasteiger partial charge in [0.25, 0.3) is 0 Å². The van der Waals surface area contributed by atoms with Gasteiger partial charge < -0.3 is 10.6 Å². The van der Waals surface area contributed by atoms with Crippen molar-refractivity contribution in [1.82, 2.24) is 0 Å². The van der Waals surface area contributed by atoms with E-state index in [9.17, 15) is 4.39 Å². The van der Waals surface area contributed by atoms with Crippen LogP contribution in [0.25, 0.3) is 0 Å². The SMILES string of the molecule is CC(C)C[C@H](CN)CCN(C)c1ccccc1F. The fourth-order valence-electron chi connectivity index (χ4n) is 2.26. The first kappa shape index (κ1) is 15.0. The van der Waals surface area contributed by atoms with Crippen LogP contribution in [0, 0.1) is 17.7 Å². The molecule has 0 unspecified atom stereocenters. The Labute approximate surface area is 110 Å². The third kappa shape index (κ3) is 4.65. The van der Waals surface area contributed by atoms with Crippen molar-refractivity contribution in [2.45, 2.75) is 26.7 Å². The van der Waals surface area contributed by atoms with E-state index in [0.29, 0.717) is 24.1 Å². The Kier molecular flexibility index (Phi) is 6.13. The number of para-hydroxylation sites is 1. The molecule has 0 aliphatic rings. The van der Waals surface area contributed by atoms with Gasteiger partial charge in [-0.15, -0.1) is 0 Å². The summed E-state index contributed by atoms with van der Waals surface area (Å²) in [4.78, 5) is 1.97. The van der Waals surface area contributed by atoms with E-state index in [1.54, 1.807) is 6.07 Å². The maximum atomic E-state index is 13.6. The molecule has 0 saturated carbocycles. The molecule has 2 N–H and O–H groups in total. The van der Waals surface area contributed by atoms with Crippen molar-refractivity contribution in [3.05, 3.63) is 30.1 Å². The molecule has 0 radical (unpaired) electrons. The zero-order chi connectivity index (χ0) is 13.5. The Morgan fingerprint density at radius 2 is 1.94 bits per heavy atom. The molecule has 18 heavy (non-hydrogen) atoms. The minimum Gasteiger partial charge on any atom is -0.372 e. The molecule has 0 bridgehead atoms. The molecule has 0 fully saturated rings. The van der Waals surface area contributed by atoms with Gasteiger partial charge in [0.1, 0.15) is 5.82 Å². The van der Waals surface area contributed by atoms with E-state index in [0.717, 1.165) is 19.4 Å². The zero-order valence-electron chi connectivity index (χ0n) is 11.7. The number of rotatable bonds is 7. The van der Waals surface area contributed by atoms with Crippen LogP contribution in [-0.4, -0.2) is 20.1 Å². The topological polar surface area (TPSA) is 29.3 Å². The standard InChI is InChI=1S/C15H25FN2/c1-12(2)10-13(11-17)8-9-18(3)15-7-5-4-6-14(15)16/h4-7,12-13H,8-11,17H2,1-3H3/t13-/m1/s1. The van der Waals surface area contributed by atoms with Gasteiger partial charge in [-0.1, -0.05) is 26.0 Å². The Morgan fingerprint density at radius 3 is 2.50 bits per heavy atom. The van der Waals surface area contributed by atoms with Crippen molar-refractivity contribution in [2.75, 3.05) is 25.0 Å². The van der Waals surface area contributed by atoms with Crippen LogP contribution < -0.4 is 10.6 Å². The lowest BCUT2D eigenvalue weighted by molar-refractivity contribution is 0.396. The van der Waals surface area contributed by atoms with Gasteiger partial charge in [-0.3, -0.25) is 0 Å². The summed E-state index contributed by atoms with van der Waals surface area (Å²) in [6.45, 7) is 5.98. The van der Waals surface area contributed by atoms with Crippen LogP contribution in [0.4, 0.5) is 10.1 Å². The van der Waals surface area contributed by atoms with E-state index in [1.165, 1.54) is 6.07 Å². The van der Waals surface area contributed by atoms with Gasteiger partial charge in [0.05, 0.1) is 5.69 Å². The van der Waals surface area contributed by atoms with Crippen LogP contribution in [0.15, 0.2) is 24.3 Å². The molecule has 1 atom stereocenters. The summed E-state index contributed by atoms with van der Waals surface area (Å²) in [7, 11) is 1.93. The molecule has 1 rings (SSSR count). The Balaban J connectivity index is 2.50. The molecule has 0 aromatic heterocycles. The molecule has 1 aromatic carbocycles. The highest BCUT2D eigenvalue weighted by molar-refractivity contribution is 5.46. The van der Waals surface area contributed by atoms with Crippen LogP contribution in [0.1, 0.15) is 26.7 Å². The molecule has 0 amide bonds. The van der Waals surface area contributed by atoms with Gasteiger partial charge in [-0.25, -0.2) is 4.39 Å². The predicted molar refractivity (Wildman–Crippen MR) is 76.3 cm³/mol. The second kappa shape index (κ2) is 7.37. The van der Waals surface area contributed by atoms with Crippen molar-refractivity contribution >= 4 is 5.69 Å². The number of halogens is 1. The van der Waals surface area contributed by atoms with Gasteiger partial charge in [0.15, 0.2) is 0 Å². The predicted octanol–water partition coefficient (Wildman–Crippen LogP) is 3.27. The van der Waals surface area contributed by atoms with Gasteiger partial charge in [0, 0.05) is 13.6 Å². The highest BCUT2D eigenvalue weighted by Crippen LogP contribution is 2.20. The molecule has 0 aliphatic heterocycles. The van der Waals surface area contributed by atoms with Crippen LogP contribution in [0.2, 0.25) is 0 Å². The fraction of sp³-hybridized carbons (Fsp3) is 0.600. The zero-order valence-corrected chi connectivity index (χ0v) is 11.7. The van der Waals surface area contributed by atoms with E-state index in [-0.39, 0.29) is 5.82 Å². The monoisotopic (exact) mass is 252 g/mol. The number of nitrogens with zero attached hydrogens (tertiary/aromatic N) is 1. The third-order valence-electron chi connectivity index (χ3n) is 3.27. The summed E-state index contributed by atoms with van der Waals surface area (Å²) in [5.74, 6) is 1.03. The first-order valence-corrected chi connectivity index (χ1v) is 6.70. The third-order valence-corrected chi connectivity index (χ3v) is 3.27. The van der Waals surface area contributed by atoms with Crippen LogP contribution in [0.3, 0.4) is 0 Å². The molecular formula is C15H25FN2. The first-order valence-electron chi connectivity index (χ1n) is 6.70. The molecule has 102 valence electrons. The Bertz CT molecular complexity index is 352. The Morgan fingerprint density at radius 1 is 1.28 bits per heavy atom. The lowest BCUT2D eigenvalue weighted by Gasteiger charge is -2.23. The van der Waals surface area contributed by atoms with E-state index in [4.69, 9.17) is 5.73 Å². The summed E-state index contributed by atoms with van der Waals surface area (Å²) in [5, 5.41) is 0. The highest BCUT2D eigenvalue weighted by Gasteiger charge is 2.12. The van der Waals surface area contributed by atoms with Gasteiger partial charge in [0.2, 0.25) is 0 Å². The number of anilines is 1. The molecule has 0 aliphatic carbocycles. The van der Waals surface area contributed by atoms with Gasteiger partial charge >= 0.3 is 0 Å². The lowest BCUT2D eigenvalue weighted by Crippen LogP contribution is -2.25. The average Bonchev–Trinajstić information content (AvgIpc) is 2.34. The maximum Gasteiger partial charge on any atom is 0.146 e. The van der Waals surface area contributed by atoms with Crippen molar-refractivity contribution in [3.8, 4) is 0 Å². The molecule has 0 spiro atoms. The van der Waals surface area contributed by atoms with Crippen molar-refractivity contribution in [2.24, 2.45) is 17.6 Å². The smallest absolute Gasteiger partial charge is 0.146 e. The molecular weight excluding hydrogens is 227 g/mol. The van der Waals surface area contributed by atoms with Crippen LogP contribution in [-0.2, 0) is 0 Å². The second-order valence-corrected chi connectivity index (χ2v) is 5.39. The summed E-state index contributed by atoms with van der Waals surface area (Å²) < 4.78 is 13.6. The van der Waals surface area contributed by atoms with Gasteiger partial charge in [-0.2, -0.15) is 0 Å². The summed E-state index contributed by atoms with van der Waals surface area (Å²) in [6, 6.07) is 6.90. The number of hydrogen-bond donors (Lipinski definition) is 1. The number of nitrogens with two attached hydrogens (primary N) is 1. The van der Waals surface area contributed by atoms with Crippen molar-refractivity contribution in [1.29, 1.82) is 0 Å². The summed E-state index contributed by atoms with van der Waals surface area (Å²) >= 11 is 0. The van der Waals surface area contributed by atoms with Crippen molar-refractivity contribution < 1.29 is 4.39 Å². The minimum absolute atomic E-state index is 0.159. The number of benzene rings is 1. The average molecular weight is 252 g/mol. The molecule has 0 saturated heterocycles. The van der Waals surface area contributed by atoms with Crippen LogP contribution >= 0.6 is 0 Å². The molecule has 0 heterocycles. The number of hydrogen-bond acceptors (Lipinski definition) is 2. The molecule has 2 nitrogen and oxygen atoms in total. The quantitative estimate of drug-likeness (QED) is 0.807. The molecule has 3 heteroatoms. The van der Waals surface area contributed by atoms with E-state index in [1.807, 2.05) is 24.1 Å². The van der Waals surface area contributed by atoms with E-state index >= 15 is 0 Å². The maximum absolute atomic E-state index is 13.6. The van der Waals surface area contributed by atoms with Gasteiger partial charge in [-0.05, 0) is 43.4 Å². The normalized spacial score (nSPS) is 12.8. The van der Waals surface area contributed by atoms with Crippen LogP contribution in [0.5, 0.6) is 0 Å². The summed E-state index contributed by atoms with van der Waals surface area (Å²) in [6.07, 6.45) is 2.15. The fourth-order valence-corrected chi connectivity index (χ4v) is 2.26. The first-order chi connectivity index (χ1) is 8.54. The second-order valence-electron chi connectivity index (χ2n) is 5.39. The largest absolute Gasteiger partial charge is 0.372 e. The minimum atomic E-state index is -0.159. The van der Waals surface area contributed by atoms with E-state index < -0.39 is 0 Å². The highest BCUT2D eigenvalue weighted by atomic mass is 19.1. The molecule has 1 aromatic rings.